The van der Waals surface area contributed by atoms with Crippen LogP contribution < -0.4 is 0 Å². The number of hydrogen-bond donors (Lipinski definition) is 0. The van der Waals surface area contributed by atoms with Crippen molar-refractivity contribution in [1.29, 1.82) is 0 Å². The van der Waals surface area contributed by atoms with E-state index in [-0.39, 0.29) is 23.4 Å². The van der Waals surface area contributed by atoms with Crippen molar-refractivity contribution < 1.29 is 18.4 Å². The average molecular weight is 493 g/mol. The van der Waals surface area contributed by atoms with Crippen LogP contribution in [-0.2, 0) is 4.79 Å². The number of benzene rings is 2. The molecule has 2 aromatic carbocycles. The monoisotopic (exact) mass is 492 g/mol. The van der Waals surface area contributed by atoms with E-state index in [0.717, 1.165) is 28.6 Å². The van der Waals surface area contributed by atoms with Crippen molar-refractivity contribution >= 4 is 27.7 Å². The second-order valence-corrected chi connectivity index (χ2v) is 8.77. The largest absolute Gasteiger partial charge is 0.339 e. The number of likely N-dealkylation sites (tertiary alicyclic amines) is 1. The SMILES string of the molecule is CCCN(C(=O)C1CCN(C(=O)c2ccc(F)cc2F)CC1)C(C)c1ccccc1Br. The molecule has 7 heteroatoms. The van der Waals surface area contributed by atoms with Gasteiger partial charge in [-0.2, -0.15) is 0 Å². The summed E-state index contributed by atoms with van der Waals surface area (Å²) in [5.41, 5.74) is 0.921. The first-order chi connectivity index (χ1) is 14.8. The van der Waals surface area contributed by atoms with E-state index in [1.807, 2.05) is 43.0 Å². The molecule has 0 aromatic heterocycles. The molecule has 0 aliphatic carbocycles. The molecule has 1 heterocycles. The topological polar surface area (TPSA) is 40.6 Å². The van der Waals surface area contributed by atoms with Crippen molar-refractivity contribution in [2.75, 3.05) is 19.6 Å². The minimum atomic E-state index is -0.861. The summed E-state index contributed by atoms with van der Waals surface area (Å²) in [5, 5.41) is 0. The lowest BCUT2D eigenvalue weighted by atomic mass is 9.93. The third-order valence-electron chi connectivity index (χ3n) is 5.86. The lowest BCUT2D eigenvalue weighted by molar-refractivity contribution is -0.139. The molecule has 3 rings (SSSR count). The van der Waals surface area contributed by atoms with Gasteiger partial charge in [-0.05, 0) is 49.9 Å². The summed E-state index contributed by atoms with van der Waals surface area (Å²) in [6.45, 7) is 5.47. The molecule has 0 bridgehead atoms. The Hall–Kier alpha value is -2.28. The molecule has 1 atom stereocenters. The zero-order valence-electron chi connectivity index (χ0n) is 17.8. The molecule has 4 nitrogen and oxygen atoms in total. The van der Waals surface area contributed by atoms with E-state index in [4.69, 9.17) is 0 Å². The molecule has 1 fully saturated rings. The minimum Gasteiger partial charge on any atom is -0.339 e. The van der Waals surface area contributed by atoms with Gasteiger partial charge in [-0.1, -0.05) is 41.1 Å². The standard InChI is InChI=1S/C24H27BrF2N2O2/c1-3-12-29(16(2)19-6-4-5-7-21(19)25)23(30)17-10-13-28(14-11-17)24(31)20-9-8-18(26)15-22(20)27/h4-9,15-17H,3,10-14H2,1-2H3. The van der Waals surface area contributed by atoms with Gasteiger partial charge in [-0.15, -0.1) is 0 Å². The van der Waals surface area contributed by atoms with Gasteiger partial charge in [0.1, 0.15) is 11.6 Å². The highest BCUT2D eigenvalue weighted by molar-refractivity contribution is 9.10. The Balaban J connectivity index is 1.67. The Morgan fingerprint density at radius 2 is 1.84 bits per heavy atom. The fourth-order valence-electron chi connectivity index (χ4n) is 4.11. The maximum absolute atomic E-state index is 14.0. The van der Waals surface area contributed by atoms with E-state index in [1.165, 1.54) is 6.07 Å². The average Bonchev–Trinajstić information content (AvgIpc) is 2.76. The molecule has 1 aliphatic heterocycles. The normalized spacial score (nSPS) is 15.6. The fourth-order valence-corrected chi connectivity index (χ4v) is 4.73. The van der Waals surface area contributed by atoms with Crippen LogP contribution in [-0.4, -0.2) is 41.2 Å². The van der Waals surface area contributed by atoms with Crippen molar-refractivity contribution in [3.05, 3.63) is 69.7 Å². The first-order valence-corrected chi connectivity index (χ1v) is 11.4. The Bertz CT molecular complexity index is 945. The smallest absolute Gasteiger partial charge is 0.256 e. The lowest BCUT2D eigenvalue weighted by Gasteiger charge is -2.37. The number of carbonyl (C=O) groups excluding carboxylic acids is 2. The third kappa shape index (κ3) is 5.32. The van der Waals surface area contributed by atoms with Crippen molar-refractivity contribution in [3.63, 3.8) is 0 Å². The van der Waals surface area contributed by atoms with Gasteiger partial charge in [0.2, 0.25) is 5.91 Å². The first-order valence-electron chi connectivity index (χ1n) is 10.6. The summed E-state index contributed by atoms with van der Waals surface area (Å²) in [6.07, 6.45) is 1.90. The van der Waals surface area contributed by atoms with Crippen LogP contribution in [0.15, 0.2) is 46.9 Å². The Labute approximate surface area is 190 Å². The maximum atomic E-state index is 14.0. The molecule has 1 unspecified atom stereocenters. The van der Waals surface area contributed by atoms with Crippen LogP contribution in [0.1, 0.15) is 55.1 Å². The number of nitrogens with zero attached hydrogens (tertiary/aromatic N) is 2. The van der Waals surface area contributed by atoms with Crippen LogP contribution in [0, 0.1) is 17.6 Å². The van der Waals surface area contributed by atoms with Gasteiger partial charge in [0.25, 0.3) is 5.91 Å². The molecular weight excluding hydrogens is 466 g/mol. The van der Waals surface area contributed by atoms with E-state index in [9.17, 15) is 18.4 Å². The summed E-state index contributed by atoms with van der Waals surface area (Å²) in [7, 11) is 0. The maximum Gasteiger partial charge on any atom is 0.256 e. The Kier molecular flexibility index (Phi) is 7.81. The molecule has 166 valence electrons. The van der Waals surface area contributed by atoms with Crippen LogP contribution in [0.25, 0.3) is 0 Å². The zero-order chi connectivity index (χ0) is 22.5. The van der Waals surface area contributed by atoms with Gasteiger partial charge in [0.05, 0.1) is 11.6 Å². The van der Waals surface area contributed by atoms with E-state index in [2.05, 4.69) is 15.9 Å². The van der Waals surface area contributed by atoms with Crippen molar-refractivity contribution in [1.82, 2.24) is 9.80 Å². The molecule has 0 radical (unpaired) electrons. The second kappa shape index (κ2) is 10.4. The summed E-state index contributed by atoms with van der Waals surface area (Å²) in [4.78, 5) is 29.5. The van der Waals surface area contributed by atoms with Gasteiger partial charge in [-0.25, -0.2) is 8.78 Å². The molecule has 0 N–H and O–H groups in total. The number of hydrogen-bond acceptors (Lipinski definition) is 2. The Morgan fingerprint density at radius 1 is 1.16 bits per heavy atom. The quantitative estimate of drug-likeness (QED) is 0.527. The van der Waals surface area contributed by atoms with Gasteiger partial charge in [-0.3, -0.25) is 9.59 Å². The van der Waals surface area contributed by atoms with Crippen LogP contribution >= 0.6 is 15.9 Å². The van der Waals surface area contributed by atoms with Crippen molar-refractivity contribution in [2.45, 2.75) is 39.2 Å². The molecule has 1 saturated heterocycles. The predicted molar refractivity (Wildman–Crippen MR) is 120 cm³/mol. The number of halogens is 3. The second-order valence-electron chi connectivity index (χ2n) is 7.92. The lowest BCUT2D eigenvalue weighted by Crippen LogP contribution is -2.45. The molecule has 2 amide bonds. The number of amides is 2. The molecule has 0 saturated carbocycles. The zero-order valence-corrected chi connectivity index (χ0v) is 19.4. The fraction of sp³-hybridized carbons (Fsp3) is 0.417. The molecule has 2 aromatic rings. The molecular formula is C24H27BrF2N2O2. The van der Waals surface area contributed by atoms with E-state index in [0.29, 0.717) is 32.5 Å². The van der Waals surface area contributed by atoms with Crippen LogP contribution in [0.3, 0.4) is 0 Å². The van der Waals surface area contributed by atoms with Crippen LogP contribution in [0.4, 0.5) is 8.78 Å². The van der Waals surface area contributed by atoms with E-state index < -0.39 is 17.5 Å². The highest BCUT2D eigenvalue weighted by Gasteiger charge is 2.33. The molecule has 0 spiro atoms. The highest BCUT2D eigenvalue weighted by Crippen LogP contribution is 2.31. The summed E-state index contributed by atoms with van der Waals surface area (Å²) < 4.78 is 28.1. The number of piperidine rings is 1. The van der Waals surface area contributed by atoms with E-state index >= 15 is 0 Å². The summed E-state index contributed by atoms with van der Waals surface area (Å²) >= 11 is 3.58. The molecule has 31 heavy (non-hydrogen) atoms. The summed E-state index contributed by atoms with van der Waals surface area (Å²) in [5.74, 6) is -2.13. The van der Waals surface area contributed by atoms with Crippen molar-refractivity contribution in [3.8, 4) is 0 Å². The van der Waals surface area contributed by atoms with Gasteiger partial charge in [0, 0.05) is 36.1 Å². The minimum absolute atomic E-state index is 0.0732. The van der Waals surface area contributed by atoms with Crippen molar-refractivity contribution in [2.24, 2.45) is 5.92 Å². The molecule has 1 aliphatic rings. The van der Waals surface area contributed by atoms with Crippen LogP contribution in [0.2, 0.25) is 0 Å². The van der Waals surface area contributed by atoms with E-state index in [1.54, 1.807) is 4.90 Å². The van der Waals surface area contributed by atoms with Gasteiger partial charge >= 0.3 is 0 Å². The third-order valence-corrected chi connectivity index (χ3v) is 6.59. The van der Waals surface area contributed by atoms with Crippen LogP contribution in [0.5, 0.6) is 0 Å². The predicted octanol–water partition coefficient (Wildman–Crippen LogP) is 5.58. The summed E-state index contributed by atoms with van der Waals surface area (Å²) in [6, 6.07) is 10.8. The van der Waals surface area contributed by atoms with Gasteiger partial charge in [0.15, 0.2) is 0 Å². The first kappa shape index (κ1) is 23.4. The number of rotatable bonds is 6. The highest BCUT2D eigenvalue weighted by atomic mass is 79.9. The van der Waals surface area contributed by atoms with Gasteiger partial charge < -0.3 is 9.80 Å². The number of carbonyl (C=O) groups is 2. The Morgan fingerprint density at radius 3 is 2.45 bits per heavy atom.